The Morgan fingerprint density at radius 1 is 1.36 bits per heavy atom. The van der Waals surface area contributed by atoms with Gasteiger partial charge in [-0.3, -0.25) is 14.5 Å². The van der Waals surface area contributed by atoms with E-state index in [2.05, 4.69) is 0 Å². The number of halogens is 1. The Morgan fingerprint density at radius 2 is 2.07 bits per heavy atom. The summed E-state index contributed by atoms with van der Waals surface area (Å²) in [6.45, 7) is 1.95. The first-order chi connectivity index (χ1) is 13.3. The molecule has 1 aromatic carbocycles. The van der Waals surface area contributed by atoms with Crippen molar-refractivity contribution in [3.8, 4) is 0 Å². The van der Waals surface area contributed by atoms with Gasteiger partial charge < -0.3 is 10.0 Å². The number of amides is 2. The van der Waals surface area contributed by atoms with Gasteiger partial charge in [0.25, 0.3) is 5.91 Å². The number of thiocarbonyl (C=S) groups is 1. The van der Waals surface area contributed by atoms with E-state index >= 15 is 0 Å². The number of carbonyl (C=O) groups excluding carboxylic acids is 2. The van der Waals surface area contributed by atoms with Crippen molar-refractivity contribution in [2.45, 2.75) is 38.3 Å². The SMILES string of the molecule is CC(C(=O)N1CCCCC1C(=O)O)N1C(=O)C(=Cc2ccccc2Cl)SC1=S. The molecule has 1 N–H and O–H groups in total. The molecule has 0 bridgehead atoms. The molecule has 2 atom stereocenters. The number of piperidine rings is 1. The zero-order valence-corrected chi connectivity index (χ0v) is 17.5. The number of carboxylic acids is 1. The van der Waals surface area contributed by atoms with Gasteiger partial charge in [0.2, 0.25) is 5.91 Å². The lowest BCUT2D eigenvalue weighted by atomic mass is 10.0. The Labute approximate surface area is 177 Å². The van der Waals surface area contributed by atoms with E-state index in [0.29, 0.717) is 28.5 Å². The number of carboxylic acid groups (broad SMARTS) is 1. The van der Waals surface area contributed by atoms with Crippen molar-refractivity contribution >= 4 is 63.8 Å². The summed E-state index contributed by atoms with van der Waals surface area (Å²) >= 11 is 12.6. The summed E-state index contributed by atoms with van der Waals surface area (Å²) in [7, 11) is 0. The van der Waals surface area contributed by atoms with E-state index in [0.717, 1.165) is 24.6 Å². The summed E-state index contributed by atoms with van der Waals surface area (Å²) in [6, 6.07) is 5.39. The number of likely N-dealkylation sites (tertiary alicyclic amines) is 1. The molecule has 2 aliphatic heterocycles. The Balaban J connectivity index is 1.82. The summed E-state index contributed by atoms with van der Waals surface area (Å²) in [5, 5.41) is 9.92. The average Bonchev–Trinajstić information content (AvgIpc) is 2.95. The van der Waals surface area contributed by atoms with Crippen molar-refractivity contribution in [3.63, 3.8) is 0 Å². The molecule has 0 saturated carbocycles. The average molecular weight is 439 g/mol. The molecular weight excluding hydrogens is 420 g/mol. The number of rotatable bonds is 4. The molecule has 2 aliphatic rings. The van der Waals surface area contributed by atoms with Gasteiger partial charge >= 0.3 is 5.97 Å². The minimum atomic E-state index is -1.02. The Kier molecular flexibility index (Phi) is 6.42. The summed E-state index contributed by atoms with van der Waals surface area (Å²) in [4.78, 5) is 40.4. The maximum absolute atomic E-state index is 13.0. The molecular formula is C19H19ClN2O4S2. The van der Waals surface area contributed by atoms with Crippen LogP contribution >= 0.6 is 35.6 Å². The van der Waals surface area contributed by atoms with E-state index in [1.54, 1.807) is 31.2 Å². The highest BCUT2D eigenvalue weighted by Crippen LogP contribution is 2.35. The van der Waals surface area contributed by atoms with E-state index in [9.17, 15) is 19.5 Å². The van der Waals surface area contributed by atoms with Crippen molar-refractivity contribution in [1.82, 2.24) is 9.80 Å². The summed E-state index contributed by atoms with van der Waals surface area (Å²) < 4.78 is 0.271. The van der Waals surface area contributed by atoms with E-state index in [4.69, 9.17) is 23.8 Å². The van der Waals surface area contributed by atoms with E-state index in [-0.39, 0.29) is 10.2 Å². The van der Waals surface area contributed by atoms with Crippen LogP contribution in [0.4, 0.5) is 0 Å². The first-order valence-corrected chi connectivity index (χ1v) is 10.5. The fourth-order valence-electron chi connectivity index (χ4n) is 3.35. The standard InChI is InChI=1S/C19H19ClN2O4S2/c1-11(16(23)21-9-5-4-8-14(21)18(25)26)22-17(24)15(28-19(22)27)10-12-6-2-3-7-13(12)20/h2-3,6-7,10-11,14H,4-5,8-9H2,1H3,(H,25,26). The molecule has 2 unspecified atom stereocenters. The van der Waals surface area contributed by atoms with E-state index in [1.165, 1.54) is 9.80 Å². The van der Waals surface area contributed by atoms with Gasteiger partial charge in [0, 0.05) is 11.6 Å². The van der Waals surface area contributed by atoms with Crippen LogP contribution in [0.3, 0.4) is 0 Å². The predicted octanol–water partition coefficient (Wildman–Crippen LogP) is 3.40. The second-order valence-electron chi connectivity index (χ2n) is 6.63. The molecule has 0 aromatic heterocycles. The van der Waals surface area contributed by atoms with Crippen LogP contribution in [0.15, 0.2) is 29.2 Å². The van der Waals surface area contributed by atoms with Gasteiger partial charge in [-0.2, -0.15) is 0 Å². The number of hydrogen-bond donors (Lipinski definition) is 1. The van der Waals surface area contributed by atoms with Gasteiger partial charge in [0.1, 0.15) is 16.4 Å². The number of nitrogens with zero attached hydrogens (tertiary/aromatic N) is 2. The number of thioether (sulfide) groups is 1. The van der Waals surface area contributed by atoms with Crippen molar-refractivity contribution in [3.05, 3.63) is 39.8 Å². The highest BCUT2D eigenvalue weighted by Gasteiger charge is 2.42. The Morgan fingerprint density at radius 3 is 2.75 bits per heavy atom. The van der Waals surface area contributed by atoms with Gasteiger partial charge in [-0.05, 0) is 43.9 Å². The lowest BCUT2D eigenvalue weighted by molar-refractivity contribution is -0.154. The van der Waals surface area contributed by atoms with Crippen LogP contribution in [0.25, 0.3) is 6.08 Å². The molecule has 9 heteroatoms. The highest BCUT2D eigenvalue weighted by atomic mass is 35.5. The van der Waals surface area contributed by atoms with Crippen LogP contribution in [0.5, 0.6) is 0 Å². The highest BCUT2D eigenvalue weighted by molar-refractivity contribution is 8.26. The minimum Gasteiger partial charge on any atom is -0.480 e. The monoisotopic (exact) mass is 438 g/mol. The Hall–Kier alpha value is -1.90. The van der Waals surface area contributed by atoms with E-state index in [1.807, 2.05) is 6.07 Å². The Bertz CT molecular complexity index is 873. The van der Waals surface area contributed by atoms with Crippen LogP contribution in [0.2, 0.25) is 5.02 Å². The maximum Gasteiger partial charge on any atom is 0.326 e. The molecule has 3 rings (SSSR count). The molecule has 6 nitrogen and oxygen atoms in total. The molecule has 2 saturated heterocycles. The van der Waals surface area contributed by atoms with Gasteiger partial charge in [0.15, 0.2) is 0 Å². The zero-order valence-electron chi connectivity index (χ0n) is 15.1. The molecule has 148 valence electrons. The first kappa shape index (κ1) is 20.8. The lowest BCUT2D eigenvalue weighted by Crippen LogP contribution is -2.55. The molecule has 2 fully saturated rings. The summed E-state index contributed by atoms with van der Waals surface area (Å²) in [5.41, 5.74) is 0.686. The quantitative estimate of drug-likeness (QED) is 0.573. The van der Waals surface area contributed by atoms with Crippen molar-refractivity contribution in [2.24, 2.45) is 0 Å². The summed E-state index contributed by atoms with van der Waals surface area (Å²) in [5.74, 6) is -1.80. The van der Waals surface area contributed by atoms with Crippen LogP contribution in [-0.4, -0.2) is 55.6 Å². The molecule has 28 heavy (non-hydrogen) atoms. The van der Waals surface area contributed by atoms with Gasteiger partial charge in [0.05, 0.1) is 4.91 Å². The number of aliphatic carboxylic acids is 1. The van der Waals surface area contributed by atoms with Crippen molar-refractivity contribution in [1.29, 1.82) is 0 Å². The van der Waals surface area contributed by atoms with Crippen LogP contribution in [-0.2, 0) is 14.4 Å². The van der Waals surface area contributed by atoms with Crippen LogP contribution in [0, 0.1) is 0 Å². The second-order valence-corrected chi connectivity index (χ2v) is 8.71. The third kappa shape index (κ3) is 4.09. The van der Waals surface area contributed by atoms with Crippen molar-refractivity contribution in [2.75, 3.05) is 6.54 Å². The molecule has 1 aromatic rings. The zero-order chi connectivity index (χ0) is 20.4. The molecule has 0 aliphatic carbocycles. The molecule has 0 spiro atoms. The topological polar surface area (TPSA) is 77.9 Å². The second kappa shape index (κ2) is 8.63. The summed E-state index contributed by atoms with van der Waals surface area (Å²) in [6.07, 6.45) is 3.57. The first-order valence-electron chi connectivity index (χ1n) is 8.86. The number of benzene rings is 1. The smallest absolute Gasteiger partial charge is 0.326 e. The van der Waals surface area contributed by atoms with Gasteiger partial charge in [-0.25, -0.2) is 4.79 Å². The number of carbonyl (C=O) groups is 3. The number of hydrogen-bond acceptors (Lipinski definition) is 5. The largest absolute Gasteiger partial charge is 0.480 e. The lowest BCUT2D eigenvalue weighted by Gasteiger charge is -2.36. The third-order valence-corrected chi connectivity index (χ3v) is 6.51. The normalized spacial score (nSPS) is 22.6. The molecule has 2 amide bonds. The third-order valence-electron chi connectivity index (χ3n) is 4.83. The van der Waals surface area contributed by atoms with Crippen LogP contribution in [0.1, 0.15) is 31.7 Å². The van der Waals surface area contributed by atoms with Gasteiger partial charge in [-0.15, -0.1) is 0 Å². The fourth-order valence-corrected chi connectivity index (χ4v) is 4.95. The molecule has 2 heterocycles. The van der Waals surface area contributed by atoms with Gasteiger partial charge in [-0.1, -0.05) is 53.8 Å². The minimum absolute atomic E-state index is 0.271. The fraction of sp³-hybridized carbons (Fsp3) is 0.368. The van der Waals surface area contributed by atoms with Crippen molar-refractivity contribution < 1.29 is 19.5 Å². The molecule has 0 radical (unpaired) electrons. The van der Waals surface area contributed by atoms with Crippen LogP contribution < -0.4 is 0 Å². The maximum atomic E-state index is 13.0. The predicted molar refractivity (Wildman–Crippen MR) is 113 cm³/mol. The van der Waals surface area contributed by atoms with E-state index < -0.39 is 24.0 Å².